The predicted molar refractivity (Wildman–Crippen MR) is 93.8 cm³/mol. The van der Waals surface area contributed by atoms with Crippen LogP contribution in [0.1, 0.15) is 31.2 Å². The molecule has 2 heterocycles. The van der Waals surface area contributed by atoms with Crippen LogP contribution in [-0.2, 0) is 16.6 Å². The average Bonchev–Trinajstić information content (AvgIpc) is 2.79. The van der Waals surface area contributed by atoms with Crippen LogP contribution in [0.3, 0.4) is 0 Å². The zero-order chi connectivity index (χ0) is 18.0. The summed E-state index contributed by atoms with van der Waals surface area (Å²) in [4.78, 5) is 28.4. The quantitative estimate of drug-likeness (QED) is 0.896. The van der Waals surface area contributed by atoms with Gasteiger partial charge in [-0.05, 0) is 46.7 Å². The van der Waals surface area contributed by atoms with Crippen LogP contribution < -0.4 is 5.32 Å². The molecular formula is C17H29N5O2. The summed E-state index contributed by atoms with van der Waals surface area (Å²) < 4.78 is 1.77. The van der Waals surface area contributed by atoms with Crippen LogP contribution in [-0.4, -0.2) is 64.6 Å². The minimum absolute atomic E-state index is 0.0217. The Kier molecular flexibility index (Phi) is 5.64. The van der Waals surface area contributed by atoms with E-state index in [9.17, 15) is 9.59 Å². The molecule has 7 heteroatoms. The monoisotopic (exact) mass is 335 g/mol. The van der Waals surface area contributed by atoms with E-state index >= 15 is 0 Å². The lowest BCUT2D eigenvalue weighted by atomic mass is 9.94. The summed E-state index contributed by atoms with van der Waals surface area (Å²) in [5.74, 6) is 0.245. The standard InChI is InChI=1S/C17H29N5O2/c1-11-15(12(2)21(6)19-11)18-16(23)13(3)22-9-7-14(8-10-22)17(24)20(4)5/h13-14H,7-10H2,1-6H3,(H,18,23). The van der Waals surface area contributed by atoms with Gasteiger partial charge in [0.05, 0.1) is 23.1 Å². The largest absolute Gasteiger partial charge is 0.349 e. The van der Waals surface area contributed by atoms with Gasteiger partial charge in [-0.3, -0.25) is 19.2 Å². The predicted octanol–water partition coefficient (Wildman–Crippen LogP) is 1.16. The van der Waals surface area contributed by atoms with Gasteiger partial charge in [0.2, 0.25) is 11.8 Å². The first-order valence-electron chi connectivity index (χ1n) is 8.48. The topological polar surface area (TPSA) is 70.5 Å². The van der Waals surface area contributed by atoms with Gasteiger partial charge in [-0.15, -0.1) is 0 Å². The van der Waals surface area contributed by atoms with Crippen LogP contribution in [0.2, 0.25) is 0 Å². The summed E-state index contributed by atoms with van der Waals surface area (Å²) in [5.41, 5.74) is 2.57. The third kappa shape index (κ3) is 3.77. The number of amides is 2. The molecule has 0 saturated carbocycles. The Labute approximate surface area is 144 Å². The number of nitrogens with one attached hydrogen (secondary N) is 1. The number of rotatable bonds is 4. The fourth-order valence-corrected chi connectivity index (χ4v) is 3.25. The number of hydrogen-bond acceptors (Lipinski definition) is 4. The number of nitrogens with zero attached hydrogens (tertiary/aromatic N) is 4. The number of anilines is 1. The van der Waals surface area contributed by atoms with E-state index in [0.717, 1.165) is 43.0 Å². The van der Waals surface area contributed by atoms with E-state index in [1.807, 2.05) is 27.8 Å². The number of hydrogen-bond donors (Lipinski definition) is 1. The second kappa shape index (κ2) is 7.34. The molecule has 1 aliphatic rings. The molecule has 1 N–H and O–H groups in total. The van der Waals surface area contributed by atoms with E-state index in [0.29, 0.717) is 0 Å². The van der Waals surface area contributed by atoms with Gasteiger partial charge in [-0.2, -0.15) is 5.10 Å². The van der Waals surface area contributed by atoms with Crippen LogP contribution in [0.5, 0.6) is 0 Å². The summed E-state index contributed by atoms with van der Waals surface area (Å²) in [6.45, 7) is 7.29. The maximum absolute atomic E-state index is 12.6. The van der Waals surface area contributed by atoms with Gasteiger partial charge in [0, 0.05) is 27.1 Å². The molecule has 0 aromatic carbocycles. The summed E-state index contributed by atoms with van der Waals surface area (Å²) in [7, 11) is 5.46. The molecule has 134 valence electrons. The van der Waals surface area contributed by atoms with E-state index in [1.165, 1.54) is 0 Å². The second-order valence-electron chi connectivity index (χ2n) is 6.88. The van der Waals surface area contributed by atoms with Gasteiger partial charge in [0.25, 0.3) is 0 Å². The van der Waals surface area contributed by atoms with E-state index in [-0.39, 0.29) is 23.8 Å². The first-order valence-corrected chi connectivity index (χ1v) is 8.48. The molecule has 2 rings (SSSR count). The molecule has 1 aromatic rings. The van der Waals surface area contributed by atoms with Crippen molar-refractivity contribution >= 4 is 17.5 Å². The van der Waals surface area contributed by atoms with Crippen molar-refractivity contribution in [2.75, 3.05) is 32.5 Å². The Morgan fingerprint density at radius 3 is 2.29 bits per heavy atom. The number of carbonyl (C=O) groups is 2. The maximum atomic E-state index is 12.6. The molecule has 0 bridgehead atoms. The number of carbonyl (C=O) groups excluding carboxylic acids is 2. The van der Waals surface area contributed by atoms with Crippen molar-refractivity contribution in [2.24, 2.45) is 13.0 Å². The van der Waals surface area contributed by atoms with Crippen LogP contribution in [0, 0.1) is 19.8 Å². The van der Waals surface area contributed by atoms with Crippen molar-refractivity contribution < 1.29 is 9.59 Å². The normalized spacial score (nSPS) is 17.6. The number of piperidine rings is 1. The molecule has 1 fully saturated rings. The zero-order valence-electron chi connectivity index (χ0n) is 15.6. The van der Waals surface area contributed by atoms with Gasteiger partial charge < -0.3 is 10.2 Å². The molecule has 1 aromatic heterocycles. The van der Waals surface area contributed by atoms with Crippen LogP contribution in [0.15, 0.2) is 0 Å². The molecular weight excluding hydrogens is 306 g/mol. The zero-order valence-corrected chi connectivity index (χ0v) is 15.6. The first-order chi connectivity index (χ1) is 11.2. The number of likely N-dealkylation sites (tertiary alicyclic amines) is 1. The molecule has 2 amide bonds. The molecule has 1 atom stereocenters. The first kappa shape index (κ1) is 18.4. The number of aromatic nitrogens is 2. The van der Waals surface area contributed by atoms with E-state index in [1.54, 1.807) is 23.7 Å². The Morgan fingerprint density at radius 2 is 1.83 bits per heavy atom. The SMILES string of the molecule is Cc1nn(C)c(C)c1NC(=O)C(C)N1CCC(C(=O)N(C)C)CC1. The average molecular weight is 335 g/mol. The van der Waals surface area contributed by atoms with Crippen molar-refractivity contribution in [3.63, 3.8) is 0 Å². The highest BCUT2D eigenvalue weighted by Gasteiger charge is 2.30. The van der Waals surface area contributed by atoms with Crippen molar-refractivity contribution in [3.8, 4) is 0 Å². The van der Waals surface area contributed by atoms with Crippen LogP contribution in [0.25, 0.3) is 0 Å². The summed E-state index contributed by atoms with van der Waals surface area (Å²) >= 11 is 0. The van der Waals surface area contributed by atoms with Gasteiger partial charge in [-0.1, -0.05) is 0 Å². The minimum Gasteiger partial charge on any atom is -0.349 e. The summed E-state index contributed by atoms with van der Waals surface area (Å²) in [5, 5.41) is 7.34. The van der Waals surface area contributed by atoms with Crippen molar-refractivity contribution in [3.05, 3.63) is 11.4 Å². The molecule has 1 saturated heterocycles. The van der Waals surface area contributed by atoms with Crippen molar-refractivity contribution in [1.29, 1.82) is 0 Å². The molecule has 24 heavy (non-hydrogen) atoms. The highest BCUT2D eigenvalue weighted by Crippen LogP contribution is 2.22. The summed E-state index contributed by atoms with van der Waals surface area (Å²) in [6, 6.07) is -0.223. The van der Waals surface area contributed by atoms with Gasteiger partial charge in [0.15, 0.2) is 0 Å². The molecule has 0 aliphatic carbocycles. The second-order valence-corrected chi connectivity index (χ2v) is 6.88. The molecule has 0 radical (unpaired) electrons. The Bertz CT molecular complexity index is 615. The fraction of sp³-hybridized carbons (Fsp3) is 0.706. The third-order valence-electron chi connectivity index (χ3n) is 5.00. The number of aryl methyl sites for hydroxylation is 2. The van der Waals surface area contributed by atoms with Crippen LogP contribution >= 0.6 is 0 Å². The van der Waals surface area contributed by atoms with E-state index < -0.39 is 0 Å². The van der Waals surface area contributed by atoms with Gasteiger partial charge >= 0.3 is 0 Å². The maximum Gasteiger partial charge on any atom is 0.241 e. The lowest BCUT2D eigenvalue weighted by molar-refractivity contribution is -0.134. The van der Waals surface area contributed by atoms with Crippen LogP contribution in [0.4, 0.5) is 5.69 Å². The molecule has 0 spiro atoms. The van der Waals surface area contributed by atoms with Gasteiger partial charge in [0.1, 0.15) is 0 Å². The van der Waals surface area contributed by atoms with Crippen molar-refractivity contribution in [2.45, 2.75) is 39.7 Å². The Morgan fingerprint density at radius 1 is 1.25 bits per heavy atom. The lowest BCUT2D eigenvalue weighted by Gasteiger charge is -2.35. The third-order valence-corrected chi connectivity index (χ3v) is 5.00. The lowest BCUT2D eigenvalue weighted by Crippen LogP contribution is -2.48. The molecule has 1 aliphatic heterocycles. The molecule has 1 unspecified atom stereocenters. The van der Waals surface area contributed by atoms with E-state index in [2.05, 4.69) is 15.3 Å². The molecule has 7 nitrogen and oxygen atoms in total. The fourth-order valence-electron chi connectivity index (χ4n) is 3.25. The minimum atomic E-state index is -0.223. The summed E-state index contributed by atoms with van der Waals surface area (Å²) in [6.07, 6.45) is 1.61. The van der Waals surface area contributed by atoms with Crippen molar-refractivity contribution in [1.82, 2.24) is 19.6 Å². The Balaban J connectivity index is 1.94. The highest BCUT2D eigenvalue weighted by atomic mass is 16.2. The highest BCUT2D eigenvalue weighted by molar-refractivity contribution is 5.95. The van der Waals surface area contributed by atoms with E-state index in [4.69, 9.17) is 0 Å². The smallest absolute Gasteiger partial charge is 0.241 e. The van der Waals surface area contributed by atoms with Gasteiger partial charge in [-0.25, -0.2) is 0 Å². The Hall–Kier alpha value is -1.89.